The predicted octanol–water partition coefficient (Wildman–Crippen LogP) is 3.08. The topological polar surface area (TPSA) is 66.9 Å². The fourth-order valence-electron chi connectivity index (χ4n) is 1.88. The van der Waals surface area contributed by atoms with Crippen molar-refractivity contribution in [2.45, 2.75) is 0 Å². The molecule has 0 bridgehead atoms. The molecule has 0 saturated carbocycles. The second-order valence-electron chi connectivity index (χ2n) is 4.68. The number of hydrogen-bond donors (Lipinski definition) is 0. The Labute approximate surface area is 144 Å². The van der Waals surface area contributed by atoms with Crippen LogP contribution in [0.5, 0.6) is 17.4 Å². The van der Waals surface area contributed by atoms with E-state index in [1.54, 1.807) is 44.6 Å². The minimum atomic E-state index is -0.135. The van der Waals surface area contributed by atoms with Gasteiger partial charge < -0.3 is 18.9 Å². The molecule has 0 unspecified atom stereocenters. The van der Waals surface area contributed by atoms with Crippen LogP contribution in [0.3, 0.4) is 0 Å². The minimum Gasteiger partial charge on any atom is -0.493 e. The summed E-state index contributed by atoms with van der Waals surface area (Å²) >= 11 is 1.26. The van der Waals surface area contributed by atoms with Gasteiger partial charge in [-0.2, -0.15) is 4.37 Å². The highest BCUT2D eigenvalue weighted by Crippen LogP contribution is 2.28. The van der Waals surface area contributed by atoms with E-state index in [4.69, 9.17) is 18.9 Å². The van der Waals surface area contributed by atoms with Gasteiger partial charge in [0.1, 0.15) is 6.61 Å². The third-order valence-electron chi connectivity index (χ3n) is 3.11. The molecule has 24 heavy (non-hydrogen) atoms. The van der Waals surface area contributed by atoms with Crippen LogP contribution in [0.2, 0.25) is 0 Å². The molecule has 0 aliphatic heterocycles. The highest BCUT2D eigenvalue weighted by Gasteiger charge is 2.10. The van der Waals surface area contributed by atoms with Crippen LogP contribution in [0.1, 0.15) is 15.2 Å². The zero-order valence-corrected chi connectivity index (χ0v) is 14.6. The van der Waals surface area contributed by atoms with Crippen LogP contribution in [0.15, 0.2) is 30.3 Å². The first-order valence-corrected chi connectivity index (χ1v) is 7.98. The molecular weight excluding hydrogens is 330 g/mol. The number of nitrogens with zero attached hydrogens (tertiary/aromatic N) is 1. The smallest absolute Gasteiger partial charge is 0.225 e. The maximum absolute atomic E-state index is 12.3. The highest BCUT2D eigenvalue weighted by molar-refractivity contribution is 7.06. The van der Waals surface area contributed by atoms with Gasteiger partial charge in [0, 0.05) is 18.7 Å². The van der Waals surface area contributed by atoms with Gasteiger partial charge in [0.05, 0.1) is 25.7 Å². The van der Waals surface area contributed by atoms with E-state index in [0.29, 0.717) is 36.2 Å². The van der Waals surface area contributed by atoms with Gasteiger partial charge in [0.2, 0.25) is 5.88 Å². The second-order valence-corrected chi connectivity index (χ2v) is 5.51. The van der Waals surface area contributed by atoms with Crippen LogP contribution in [-0.2, 0) is 4.74 Å². The van der Waals surface area contributed by atoms with Crippen molar-refractivity contribution in [2.24, 2.45) is 0 Å². The van der Waals surface area contributed by atoms with Crippen molar-refractivity contribution in [3.63, 3.8) is 0 Å². The molecule has 0 saturated heterocycles. The molecule has 128 valence electrons. The molecule has 0 aliphatic carbocycles. The van der Waals surface area contributed by atoms with E-state index in [0.717, 1.165) is 4.88 Å². The van der Waals surface area contributed by atoms with Crippen molar-refractivity contribution >= 4 is 23.4 Å². The van der Waals surface area contributed by atoms with Crippen LogP contribution in [0.4, 0.5) is 0 Å². The molecule has 1 heterocycles. The summed E-state index contributed by atoms with van der Waals surface area (Å²) in [6.07, 6.45) is 3.20. The summed E-state index contributed by atoms with van der Waals surface area (Å²) in [4.78, 5) is 13.1. The van der Waals surface area contributed by atoms with Crippen molar-refractivity contribution in [3.8, 4) is 17.4 Å². The summed E-state index contributed by atoms with van der Waals surface area (Å²) in [5.74, 6) is 1.47. The lowest BCUT2D eigenvalue weighted by Gasteiger charge is -2.11. The summed E-state index contributed by atoms with van der Waals surface area (Å²) in [5.41, 5.74) is 0.513. The van der Waals surface area contributed by atoms with Crippen molar-refractivity contribution in [3.05, 3.63) is 40.8 Å². The van der Waals surface area contributed by atoms with Crippen LogP contribution in [-0.4, -0.2) is 44.7 Å². The Bertz CT molecular complexity index is 711. The van der Waals surface area contributed by atoms with E-state index in [-0.39, 0.29) is 5.78 Å². The molecule has 0 aliphatic rings. The Morgan fingerprint density at radius 2 is 1.96 bits per heavy atom. The number of benzene rings is 1. The molecule has 0 fully saturated rings. The SMILES string of the molecule is COCCOc1ccc(C(=O)/C=C/c2cc(OC)ns2)cc1OC. The second kappa shape index (κ2) is 9.05. The maximum atomic E-state index is 12.3. The normalized spacial score (nSPS) is 10.8. The first kappa shape index (κ1) is 18.0. The first-order valence-electron chi connectivity index (χ1n) is 7.20. The molecule has 1 aromatic carbocycles. The summed E-state index contributed by atoms with van der Waals surface area (Å²) in [7, 11) is 4.69. The van der Waals surface area contributed by atoms with Crippen molar-refractivity contribution < 1.29 is 23.7 Å². The standard InChI is InChI=1S/C17H19NO5S/c1-20-8-9-23-15-7-4-12(10-16(15)21-2)14(19)6-5-13-11-17(22-3)18-24-13/h4-7,10-11H,8-9H2,1-3H3/b6-5+. The fraction of sp³-hybridized carbons (Fsp3) is 0.294. The third kappa shape index (κ3) is 4.81. The van der Waals surface area contributed by atoms with E-state index in [1.165, 1.54) is 24.7 Å². The van der Waals surface area contributed by atoms with E-state index < -0.39 is 0 Å². The lowest BCUT2D eigenvalue weighted by atomic mass is 10.1. The molecular formula is C17H19NO5S. The van der Waals surface area contributed by atoms with Gasteiger partial charge in [-0.25, -0.2) is 0 Å². The summed E-state index contributed by atoms with van der Waals surface area (Å²) < 4.78 is 24.9. The van der Waals surface area contributed by atoms with Gasteiger partial charge in [0.25, 0.3) is 0 Å². The number of carbonyl (C=O) groups excluding carboxylic acids is 1. The lowest BCUT2D eigenvalue weighted by Crippen LogP contribution is -2.06. The highest BCUT2D eigenvalue weighted by atomic mass is 32.1. The Morgan fingerprint density at radius 1 is 1.12 bits per heavy atom. The Hall–Kier alpha value is -2.38. The number of rotatable bonds is 9. The summed E-state index contributed by atoms with van der Waals surface area (Å²) in [5, 5.41) is 0. The van der Waals surface area contributed by atoms with Crippen LogP contribution in [0.25, 0.3) is 6.08 Å². The fourth-order valence-corrected chi connectivity index (χ4v) is 2.48. The number of allylic oxidation sites excluding steroid dienone is 1. The zero-order chi connectivity index (χ0) is 17.4. The lowest BCUT2D eigenvalue weighted by molar-refractivity contribution is 0.104. The minimum absolute atomic E-state index is 0.135. The molecule has 2 aromatic rings. The Balaban J connectivity index is 2.08. The number of aromatic nitrogens is 1. The van der Waals surface area contributed by atoms with Gasteiger partial charge in [-0.15, -0.1) is 0 Å². The average Bonchev–Trinajstić information content (AvgIpc) is 3.08. The Morgan fingerprint density at radius 3 is 2.62 bits per heavy atom. The monoisotopic (exact) mass is 349 g/mol. The van der Waals surface area contributed by atoms with Crippen LogP contribution in [0, 0.1) is 0 Å². The quantitative estimate of drug-likeness (QED) is 0.394. The van der Waals surface area contributed by atoms with Gasteiger partial charge in [-0.1, -0.05) is 0 Å². The van der Waals surface area contributed by atoms with Gasteiger partial charge >= 0.3 is 0 Å². The number of ether oxygens (including phenoxy) is 4. The molecule has 2 rings (SSSR count). The summed E-state index contributed by atoms with van der Waals surface area (Å²) in [6.45, 7) is 0.887. The van der Waals surface area contributed by atoms with Crippen molar-refractivity contribution in [1.82, 2.24) is 4.37 Å². The first-order chi connectivity index (χ1) is 11.7. The Kier molecular flexibility index (Phi) is 6.77. The molecule has 0 atom stereocenters. The molecule has 0 N–H and O–H groups in total. The number of hydrogen-bond acceptors (Lipinski definition) is 7. The average molecular weight is 349 g/mol. The molecule has 7 heteroatoms. The van der Waals surface area contributed by atoms with E-state index in [2.05, 4.69) is 4.37 Å². The zero-order valence-electron chi connectivity index (χ0n) is 13.8. The van der Waals surface area contributed by atoms with Crippen molar-refractivity contribution in [2.75, 3.05) is 34.5 Å². The van der Waals surface area contributed by atoms with Gasteiger partial charge in [0.15, 0.2) is 17.3 Å². The maximum Gasteiger partial charge on any atom is 0.225 e. The largest absolute Gasteiger partial charge is 0.493 e. The van der Waals surface area contributed by atoms with Gasteiger partial charge in [-0.05, 0) is 41.9 Å². The molecule has 0 amide bonds. The molecule has 1 aromatic heterocycles. The van der Waals surface area contributed by atoms with E-state index in [1.807, 2.05) is 0 Å². The summed E-state index contributed by atoms with van der Waals surface area (Å²) in [6, 6.07) is 6.83. The number of ketones is 1. The van der Waals surface area contributed by atoms with E-state index >= 15 is 0 Å². The van der Waals surface area contributed by atoms with E-state index in [9.17, 15) is 4.79 Å². The molecule has 6 nitrogen and oxygen atoms in total. The van der Waals surface area contributed by atoms with Crippen LogP contribution < -0.4 is 14.2 Å². The number of methoxy groups -OCH3 is 3. The van der Waals surface area contributed by atoms with Crippen LogP contribution >= 0.6 is 11.5 Å². The third-order valence-corrected chi connectivity index (χ3v) is 3.84. The van der Waals surface area contributed by atoms with Crippen molar-refractivity contribution in [1.29, 1.82) is 0 Å². The predicted molar refractivity (Wildman–Crippen MR) is 92.4 cm³/mol. The number of carbonyl (C=O) groups is 1. The van der Waals surface area contributed by atoms with Gasteiger partial charge in [-0.3, -0.25) is 4.79 Å². The molecule has 0 radical (unpaired) electrons. The molecule has 0 spiro atoms.